The lowest BCUT2D eigenvalue weighted by atomic mass is 9.83. The van der Waals surface area contributed by atoms with Crippen LogP contribution in [0.2, 0.25) is 0 Å². The van der Waals surface area contributed by atoms with Crippen LogP contribution in [-0.4, -0.2) is 63.0 Å². The van der Waals surface area contributed by atoms with Crippen LogP contribution in [0.3, 0.4) is 0 Å². The van der Waals surface area contributed by atoms with Gasteiger partial charge in [-0.1, -0.05) is 19.9 Å². The van der Waals surface area contributed by atoms with Gasteiger partial charge in [-0.15, -0.1) is 24.0 Å². The van der Waals surface area contributed by atoms with Gasteiger partial charge in [-0.25, -0.2) is 0 Å². The number of hydrogen-bond acceptors (Lipinski definition) is 6. The standard InChI is InChI=1S/C25H43ClN2O5.ClH/c1-17(2)19(14-20(27)21(29)15-28-24(30)25(3,4)16-26)12-18-8-9-22(32-6)23(13-18)33-11-7-10-31-5;/h8-9,13,17,19-21,29H,7,10-12,14-16,27H2,1-6H3,(H,28,30);1H/t19-,20-,21-;/m0./s1. The maximum absolute atomic E-state index is 12.2. The molecule has 0 aliphatic rings. The highest BCUT2D eigenvalue weighted by Gasteiger charge is 2.28. The Hall–Kier alpha value is -1.25. The Labute approximate surface area is 216 Å². The fourth-order valence-corrected chi connectivity index (χ4v) is 3.52. The van der Waals surface area contributed by atoms with Crippen LogP contribution >= 0.6 is 24.0 Å². The van der Waals surface area contributed by atoms with E-state index in [9.17, 15) is 9.90 Å². The lowest BCUT2D eigenvalue weighted by Crippen LogP contribution is -2.47. The average Bonchev–Trinajstić information content (AvgIpc) is 2.79. The fraction of sp³-hybridized carbons (Fsp3) is 0.720. The lowest BCUT2D eigenvalue weighted by Gasteiger charge is -2.28. The van der Waals surface area contributed by atoms with Gasteiger partial charge in [-0.2, -0.15) is 0 Å². The van der Waals surface area contributed by atoms with Crippen LogP contribution in [0.5, 0.6) is 11.5 Å². The number of ether oxygens (including phenoxy) is 3. The second-order valence-corrected chi connectivity index (χ2v) is 9.85. The molecule has 0 aromatic heterocycles. The Bertz CT molecular complexity index is 719. The van der Waals surface area contributed by atoms with Gasteiger partial charge in [0.25, 0.3) is 0 Å². The third-order valence-corrected chi connectivity index (χ3v) is 6.58. The van der Waals surface area contributed by atoms with Crippen molar-refractivity contribution in [2.75, 3.05) is 39.9 Å². The maximum atomic E-state index is 12.2. The van der Waals surface area contributed by atoms with Crippen LogP contribution in [0, 0.1) is 17.3 Å². The van der Waals surface area contributed by atoms with Crippen LogP contribution < -0.4 is 20.5 Å². The first-order valence-corrected chi connectivity index (χ1v) is 12.2. The molecule has 0 aliphatic carbocycles. The van der Waals surface area contributed by atoms with Crippen molar-refractivity contribution in [2.24, 2.45) is 23.0 Å². The number of rotatable bonds is 16. The number of amides is 1. The highest BCUT2D eigenvalue weighted by Crippen LogP contribution is 2.31. The third-order valence-electron chi connectivity index (χ3n) is 5.91. The molecule has 0 saturated heterocycles. The first-order chi connectivity index (χ1) is 15.5. The molecular weight excluding hydrogens is 479 g/mol. The van der Waals surface area contributed by atoms with E-state index in [-0.39, 0.29) is 36.7 Å². The molecule has 0 fully saturated rings. The van der Waals surface area contributed by atoms with Gasteiger partial charge in [0.15, 0.2) is 11.5 Å². The molecule has 1 aromatic carbocycles. The molecule has 0 unspecified atom stereocenters. The quantitative estimate of drug-likeness (QED) is 0.225. The molecule has 0 spiro atoms. The molecule has 7 nitrogen and oxygen atoms in total. The van der Waals surface area contributed by atoms with Crippen molar-refractivity contribution < 1.29 is 24.1 Å². The molecule has 0 saturated carbocycles. The second kappa shape index (κ2) is 16.4. The van der Waals surface area contributed by atoms with Gasteiger partial charge < -0.3 is 30.4 Å². The van der Waals surface area contributed by atoms with Crippen LogP contribution in [-0.2, 0) is 16.0 Å². The average molecular weight is 524 g/mol. The minimum Gasteiger partial charge on any atom is -0.493 e. The first kappa shape index (κ1) is 32.8. The number of carbonyl (C=O) groups excluding carboxylic acids is 1. The molecule has 0 bridgehead atoms. The van der Waals surface area contributed by atoms with Gasteiger partial charge in [-0.05, 0) is 56.2 Å². The minimum atomic E-state index is -0.836. The number of alkyl halides is 1. The van der Waals surface area contributed by atoms with Crippen molar-refractivity contribution in [3.05, 3.63) is 23.8 Å². The normalized spacial score (nSPS) is 14.2. The van der Waals surface area contributed by atoms with Gasteiger partial charge in [0.1, 0.15) is 0 Å². The fourth-order valence-electron chi connectivity index (χ4n) is 3.40. The number of nitrogens with one attached hydrogen (secondary N) is 1. The molecular formula is C25H44Cl2N2O5. The highest BCUT2D eigenvalue weighted by molar-refractivity contribution is 6.19. The zero-order valence-electron chi connectivity index (χ0n) is 21.4. The molecule has 0 heterocycles. The van der Waals surface area contributed by atoms with Gasteiger partial charge in [-0.3, -0.25) is 4.79 Å². The SMILES string of the molecule is COCCCOc1cc(C[C@@H](C[C@H](N)[C@@H](O)CNC(=O)C(C)(C)CCl)C(C)C)ccc1OC.Cl. The Morgan fingerprint density at radius 1 is 1.21 bits per heavy atom. The summed E-state index contributed by atoms with van der Waals surface area (Å²) in [6.45, 7) is 9.13. The van der Waals surface area contributed by atoms with Crippen molar-refractivity contribution in [1.82, 2.24) is 5.32 Å². The summed E-state index contributed by atoms with van der Waals surface area (Å²) in [6, 6.07) is 5.51. The summed E-state index contributed by atoms with van der Waals surface area (Å²) < 4.78 is 16.4. The van der Waals surface area contributed by atoms with E-state index in [0.29, 0.717) is 37.1 Å². The zero-order valence-corrected chi connectivity index (χ0v) is 23.0. The van der Waals surface area contributed by atoms with Crippen LogP contribution in [0.1, 0.15) is 46.1 Å². The number of methoxy groups -OCH3 is 2. The van der Waals surface area contributed by atoms with E-state index in [2.05, 4.69) is 19.2 Å². The smallest absolute Gasteiger partial charge is 0.226 e. The molecule has 198 valence electrons. The van der Waals surface area contributed by atoms with E-state index >= 15 is 0 Å². The number of aliphatic hydroxyl groups excluding tert-OH is 1. The van der Waals surface area contributed by atoms with Crippen LogP contribution in [0.25, 0.3) is 0 Å². The Kier molecular flexibility index (Phi) is 15.8. The Morgan fingerprint density at radius 2 is 1.88 bits per heavy atom. The molecule has 9 heteroatoms. The predicted molar refractivity (Wildman–Crippen MR) is 140 cm³/mol. The van der Waals surface area contributed by atoms with E-state index in [1.54, 1.807) is 28.1 Å². The van der Waals surface area contributed by atoms with Crippen LogP contribution in [0.15, 0.2) is 18.2 Å². The molecule has 0 radical (unpaired) electrons. The molecule has 1 aromatic rings. The molecule has 4 N–H and O–H groups in total. The molecule has 1 amide bonds. The van der Waals surface area contributed by atoms with Crippen molar-refractivity contribution in [2.45, 2.75) is 59.1 Å². The first-order valence-electron chi connectivity index (χ1n) is 11.6. The van der Waals surface area contributed by atoms with Crippen LogP contribution in [0.4, 0.5) is 0 Å². The summed E-state index contributed by atoms with van der Waals surface area (Å²) in [5.74, 6) is 2.03. The van der Waals surface area contributed by atoms with Crippen molar-refractivity contribution in [3.63, 3.8) is 0 Å². The number of nitrogens with two attached hydrogens (primary N) is 1. The summed E-state index contributed by atoms with van der Waals surface area (Å²) in [7, 11) is 3.30. The van der Waals surface area contributed by atoms with E-state index < -0.39 is 17.6 Å². The van der Waals surface area contributed by atoms with Crippen molar-refractivity contribution in [1.29, 1.82) is 0 Å². The Morgan fingerprint density at radius 3 is 2.44 bits per heavy atom. The number of aliphatic hydroxyl groups is 1. The molecule has 34 heavy (non-hydrogen) atoms. The van der Waals surface area contributed by atoms with Gasteiger partial charge >= 0.3 is 0 Å². The second-order valence-electron chi connectivity index (χ2n) is 9.58. The molecule has 3 atom stereocenters. The number of halogens is 2. The summed E-state index contributed by atoms with van der Waals surface area (Å²) in [5.41, 5.74) is 6.75. The van der Waals surface area contributed by atoms with E-state index in [4.69, 9.17) is 31.5 Å². The minimum absolute atomic E-state index is 0. The highest BCUT2D eigenvalue weighted by atomic mass is 35.5. The molecule has 1 rings (SSSR count). The topological polar surface area (TPSA) is 103 Å². The van der Waals surface area contributed by atoms with Gasteiger partial charge in [0.05, 0.1) is 25.2 Å². The summed E-state index contributed by atoms with van der Waals surface area (Å²) in [5, 5.41) is 13.3. The number of benzene rings is 1. The zero-order chi connectivity index (χ0) is 25.0. The molecule has 0 aliphatic heterocycles. The number of carbonyl (C=O) groups is 1. The van der Waals surface area contributed by atoms with Crippen molar-refractivity contribution >= 4 is 29.9 Å². The summed E-state index contributed by atoms with van der Waals surface area (Å²) >= 11 is 5.85. The maximum Gasteiger partial charge on any atom is 0.226 e. The van der Waals surface area contributed by atoms with Crippen molar-refractivity contribution in [3.8, 4) is 11.5 Å². The third kappa shape index (κ3) is 11.0. The lowest BCUT2D eigenvalue weighted by molar-refractivity contribution is -0.128. The monoisotopic (exact) mass is 522 g/mol. The van der Waals surface area contributed by atoms with E-state index in [1.165, 1.54) is 0 Å². The van der Waals surface area contributed by atoms with Gasteiger partial charge in [0, 0.05) is 38.6 Å². The summed E-state index contributed by atoms with van der Waals surface area (Å²) in [4.78, 5) is 12.2. The largest absolute Gasteiger partial charge is 0.493 e. The summed E-state index contributed by atoms with van der Waals surface area (Å²) in [6.07, 6.45) is 1.38. The van der Waals surface area contributed by atoms with E-state index in [0.717, 1.165) is 18.4 Å². The number of hydrogen-bond donors (Lipinski definition) is 3. The van der Waals surface area contributed by atoms with Gasteiger partial charge in [0.2, 0.25) is 5.91 Å². The van der Waals surface area contributed by atoms with E-state index in [1.807, 2.05) is 18.2 Å². The Balaban J connectivity index is 0.0000109. The predicted octanol–water partition coefficient (Wildman–Crippen LogP) is 3.81.